The molecule has 6 heterocycles. The second kappa shape index (κ2) is 33.1. The van der Waals surface area contributed by atoms with Crippen molar-refractivity contribution >= 4 is 162 Å². The van der Waals surface area contributed by atoms with Gasteiger partial charge in [0.25, 0.3) is 0 Å². The molecule has 0 fully saturated rings. The lowest BCUT2D eigenvalue weighted by atomic mass is 9.87. The third kappa shape index (κ3) is 13.4. The first kappa shape index (κ1) is 80.7. The average Bonchev–Trinajstić information content (AvgIpc) is 1.11. The molecule has 6 nitrogen and oxygen atoms in total. The van der Waals surface area contributed by atoms with Crippen molar-refractivity contribution in [2.45, 2.75) is 0 Å². The second-order valence-corrected chi connectivity index (χ2v) is 37.2. The largest absolute Gasteiger partial charge is 0.309 e. The van der Waals surface area contributed by atoms with E-state index in [2.05, 4.69) is 496 Å². The molecule has 0 unspecified atom stereocenters. The number of hydrogen-bond acceptors (Lipinski definition) is 3. The van der Waals surface area contributed by atoms with Crippen LogP contribution in [0.25, 0.3) is 280 Å². The highest BCUT2D eigenvalue weighted by Crippen LogP contribution is 2.50. The SMILES string of the molecule is c1cc(-c2ccc3ccc4c(-c5ccc(-c6ccncc6)cc5)ccc5ccc2c3c54)cc(-n2c3ccccc3c3ccccc32)c1.c1cc(-c2ccncc2)cc(-c2ccc3ccc4c(-c5cccc(-n6c7ccccc7c7ccccc76)c5)ccc5ccc2c3c54)c1.c1cncc(-c2cccc(-c3ccc4ccc5c(-c6cccc(-n7c8ccccc8c8ccccc87)c6)ccc6ccc3c4c65)c2)c1. The van der Waals surface area contributed by atoms with Gasteiger partial charge in [-0.05, 0) is 307 Å². The molecule has 0 radical (unpaired) electrons. The highest BCUT2D eigenvalue weighted by Gasteiger charge is 2.24. The van der Waals surface area contributed by atoms with Gasteiger partial charge in [-0.15, -0.1) is 0 Å². The van der Waals surface area contributed by atoms with Crippen molar-refractivity contribution in [3.05, 3.63) is 510 Å². The van der Waals surface area contributed by atoms with Gasteiger partial charge in [0.05, 0.1) is 33.1 Å². The number of benzene rings is 24. The fourth-order valence-electron chi connectivity index (χ4n) is 23.2. The van der Waals surface area contributed by atoms with Crippen LogP contribution in [0.4, 0.5) is 0 Å². The number of para-hydroxylation sites is 6. The predicted octanol–water partition coefficient (Wildman–Crippen LogP) is 36.2. The first-order valence-electron chi connectivity index (χ1n) is 48.4. The van der Waals surface area contributed by atoms with Crippen molar-refractivity contribution in [2.24, 2.45) is 0 Å². The fourth-order valence-corrected chi connectivity index (χ4v) is 23.2. The van der Waals surface area contributed by atoms with E-state index in [1.54, 1.807) is 0 Å². The van der Waals surface area contributed by atoms with Crippen molar-refractivity contribution in [3.8, 4) is 117 Å². The van der Waals surface area contributed by atoms with Crippen LogP contribution in [0.15, 0.2) is 510 Å². The monoisotopic (exact) mass is 1790 g/mol. The summed E-state index contributed by atoms with van der Waals surface area (Å²) >= 11 is 0. The topological polar surface area (TPSA) is 53.5 Å². The summed E-state index contributed by atoms with van der Waals surface area (Å²) in [5.41, 5.74) is 32.7. The van der Waals surface area contributed by atoms with Crippen LogP contribution in [0.5, 0.6) is 0 Å². The highest BCUT2D eigenvalue weighted by molar-refractivity contribution is 6.31. The Labute approximate surface area is 812 Å². The smallest absolute Gasteiger partial charge is 0.0541 e. The molecule has 0 saturated heterocycles. The van der Waals surface area contributed by atoms with Gasteiger partial charge in [0.1, 0.15) is 0 Å². The number of aromatic nitrogens is 6. The molecule has 30 rings (SSSR count). The van der Waals surface area contributed by atoms with E-state index < -0.39 is 0 Å². The van der Waals surface area contributed by atoms with Crippen LogP contribution in [0, 0.1) is 0 Å². The molecule has 0 amide bonds. The van der Waals surface area contributed by atoms with E-state index in [1.165, 1.54) is 274 Å². The van der Waals surface area contributed by atoms with Gasteiger partial charge in [-0.25, -0.2) is 0 Å². The minimum atomic E-state index is 1.12. The zero-order valence-corrected chi connectivity index (χ0v) is 76.7. The molecule has 0 atom stereocenters. The molecule has 0 N–H and O–H groups in total. The van der Waals surface area contributed by atoms with Crippen molar-refractivity contribution in [2.75, 3.05) is 0 Å². The highest BCUT2D eigenvalue weighted by atomic mass is 15.0. The molecular weight excluding hydrogens is 1710 g/mol. The van der Waals surface area contributed by atoms with Crippen LogP contribution in [0.1, 0.15) is 0 Å². The Morgan fingerprint density at radius 3 is 0.645 bits per heavy atom. The molecule has 0 aliphatic heterocycles. The zero-order chi connectivity index (χ0) is 92.7. The number of nitrogens with zero attached hydrogens (tertiary/aromatic N) is 6. The van der Waals surface area contributed by atoms with E-state index in [4.69, 9.17) is 0 Å². The molecule has 141 heavy (non-hydrogen) atoms. The molecule has 6 heteroatoms. The lowest BCUT2D eigenvalue weighted by Gasteiger charge is -2.17. The number of pyridine rings is 3. The van der Waals surface area contributed by atoms with Gasteiger partial charge in [-0.3, -0.25) is 15.0 Å². The number of rotatable bonds is 12. The molecule has 24 aromatic carbocycles. The summed E-state index contributed by atoms with van der Waals surface area (Å²) in [5.74, 6) is 0. The Balaban J connectivity index is 0.000000104. The second-order valence-electron chi connectivity index (χ2n) is 37.2. The molecule has 0 bridgehead atoms. The van der Waals surface area contributed by atoms with E-state index >= 15 is 0 Å². The Morgan fingerprint density at radius 2 is 0.355 bits per heavy atom. The first-order valence-corrected chi connectivity index (χ1v) is 48.4. The van der Waals surface area contributed by atoms with Crippen molar-refractivity contribution in [1.29, 1.82) is 0 Å². The van der Waals surface area contributed by atoms with Crippen LogP contribution >= 0.6 is 0 Å². The summed E-state index contributed by atoms with van der Waals surface area (Å²) in [5, 5.41) is 30.9. The molecular formula is C135H84N6. The molecule has 30 aromatic rings. The average molecular weight is 1790 g/mol. The van der Waals surface area contributed by atoms with E-state index in [1.807, 2.05) is 43.2 Å². The third-order valence-corrected chi connectivity index (χ3v) is 29.5. The van der Waals surface area contributed by atoms with Crippen molar-refractivity contribution < 1.29 is 0 Å². The Kier molecular flexibility index (Phi) is 18.9. The van der Waals surface area contributed by atoms with Crippen LogP contribution < -0.4 is 0 Å². The summed E-state index contributed by atoms with van der Waals surface area (Å²) in [6.45, 7) is 0. The lowest BCUT2D eigenvalue weighted by Crippen LogP contribution is -1.94. The maximum Gasteiger partial charge on any atom is 0.0541 e. The fraction of sp³-hybridized carbons (Fsp3) is 0. The van der Waals surface area contributed by atoms with Gasteiger partial charge in [0.2, 0.25) is 0 Å². The van der Waals surface area contributed by atoms with Gasteiger partial charge < -0.3 is 13.7 Å². The number of hydrogen-bond donors (Lipinski definition) is 0. The Hall–Kier alpha value is -18.8. The van der Waals surface area contributed by atoms with Crippen LogP contribution in [0.3, 0.4) is 0 Å². The van der Waals surface area contributed by atoms with E-state index in [0.29, 0.717) is 0 Å². The van der Waals surface area contributed by atoms with Crippen molar-refractivity contribution in [3.63, 3.8) is 0 Å². The van der Waals surface area contributed by atoms with Crippen LogP contribution in [-0.2, 0) is 0 Å². The van der Waals surface area contributed by atoms with Crippen molar-refractivity contribution in [1.82, 2.24) is 28.7 Å². The molecule has 6 aromatic heterocycles. The standard InChI is InChI=1S/3C45H28N2/c1-3-15-42-38(13-1)39-14-2-4-16-43(39)47(42)35-12-6-10-33(27-35)37-22-18-30-19-23-40-36(21-17-29-20-24-41(37)45(30)44(29)40)32-9-5-8-31(26-32)34-11-7-25-46-28-34;1-3-13-42-38(11-1)39-12-2-4-14-43(39)47(42)35-10-6-9-34(28-35)37-20-16-31-17-21-40-36(19-15-30-18-22-41(37)45(31)44(30)40)33-8-5-7-32(27-33)29-23-25-46-26-24-29;1-3-10-42-38(8-1)39-9-2-4-11-43(39)47(42)35-7-5-6-34(28-35)37-21-17-33-18-22-40-36(20-16-32-19-23-41(37)45(33)44(32)40)31-14-12-29(13-15-31)30-24-26-46-27-25-30/h3*1-28H. The maximum absolute atomic E-state index is 4.35. The normalized spacial score (nSPS) is 11.8. The molecule has 0 saturated carbocycles. The predicted molar refractivity (Wildman–Crippen MR) is 596 cm³/mol. The molecule has 0 spiro atoms. The first-order chi connectivity index (χ1) is 69.9. The van der Waals surface area contributed by atoms with Gasteiger partial charge in [0, 0.05) is 92.1 Å². The Bertz CT molecular complexity index is 9650. The van der Waals surface area contributed by atoms with Gasteiger partial charge in [-0.1, -0.05) is 358 Å². The maximum atomic E-state index is 4.35. The lowest BCUT2D eigenvalue weighted by molar-refractivity contribution is 1.18. The summed E-state index contributed by atoms with van der Waals surface area (Å²) in [4.78, 5) is 12.7. The summed E-state index contributed by atoms with van der Waals surface area (Å²) in [6, 6.07) is 173. The quantitative estimate of drug-likeness (QED) is 0.115. The van der Waals surface area contributed by atoms with Gasteiger partial charge >= 0.3 is 0 Å². The van der Waals surface area contributed by atoms with Gasteiger partial charge in [-0.2, -0.15) is 0 Å². The molecule has 0 aliphatic rings. The molecule has 0 aliphatic carbocycles. The third-order valence-electron chi connectivity index (χ3n) is 29.5. The van der Waals surface area contributed by atoms with E-state index in [-0.39, 0.29) is 0 Å². The summed E-state index contributed by atoms with van der Waals surface area (Å²) in [7, 11) is 0. The minimum absolute atomic E-state index is 1.12. The number of fused-ring (bicyclic) bond motifs is 9. The zero-order valence-electron chi connectivity index (χ0n) is 76.7. The van der Waals surface area contributed by atoms with Crippen LogP contribution in [0.2, 0.25) is 0 Å². The Morgan fingerprint density at radius 1 is 0.128 bits per heavy atom. The summed E-state index contributed by atoms with van der Waals surface area (Å²) in [6.07, 6.45) is 11.2. The van der Waals surface area contributed by atoms with Gasteiger partial charge in [0.15, 0.2) is 0 Å². The summed E-state index contributed by atoms with van der Waals surface area (Å²) < 4.78 is 7.20. The minimum Gasteiger partial charge on any atom is -0.309 e. The van der Waals surface area contributed by atoms with E-state index in [0.717, 1.165) is 5.56 Å². The molecule has 654 valence electrons. The van der Waals surface area contributed by atoms with Crippen LogP contribution in [-0.4, -0.2) is 28.7 Å². The van der Waals surface area contributed by atoms with E-state index in [9.17, 15) is 0 Å².